The van der Waals surface area contributed by atoms with Gasteiger partial charge in [-0.3, -0.25) is 19.2 Å². The Hall–Kier alpha value is -2.69. The summed E-state index contributed by atoms with van der Waals surface area (Å²) in [5.74, 6) is -4.33. The molecule has 0 radical (unpaired) electrons. The van der Waals surface area contributed by atoms with E-state index in [0.717, 1.165) is 0 Å². The Morgan fingerprint density at radius 1 is 0.710 bits per heavy atom. The first kappa shape index (κ1) is 28.3. The van der Waals surface area contributed by atoms with Crippen molar-refractivity contribution in [3.05, 3.63) is 0 Å². The minimum absolute atomic E-state index is 0.0134. The van der Waals surface area contributed by atoms with E-state index < -0.39 is 60.2 Å². The van der Waals surface area contributed by atoms with Gasteiger partial charge in [0, 0.05) is 6.42 Å². The second-order valence-electron chi connectivity index (χ2n) is 8.50. The van der Waals surface area contributed by atoms with E-state index in [4.69, 9.17) is 10.8 Å². The van der Waals surface area contributed by atoms with Gasteiger partial charge in [-0.1, -0.05) is 27.7 Å². The maximum atomic E-state index is 12.8. The van der Waals surface area contributed by atoms with Crippen LogP contribution < -0.4 is 21.7 Å². The molecule has 0 fully saturated rings. The Morgan fingerprint density at radius 2 is 1.10 bits per heavy atom. The number of hydrogen-bond acceptors (Lipinski definition) is 6. The predicted molar refractivity (Wildman–Crippen MR) is 113 cm³/mol. The van der Waals surface area contributed by atoms with E-state index in [2.05, 4.69) is 16.0 Å². The standard InChI is InChI=1S/C20H36N4O7/c1-10(2)8-14(23-17(27)12(5)21)19(29)24-15(9-11(3)4)18(28)22-13(20(30)31)6-7-16(25)26/h10-15H,6-9,21H2,1-5H3,(H,22,28)(H,23,27)(H,24,29)(H,25,26)(H,30,31)/t12-,13-,14-,15-/m0/s1. The molecule has 3 amide bonds. The zero-order valence-electron chi connectivity index (χ0n) is 18.8. The van der Waals surface area contributed by atoms with E-state index in [1.54, 1.807) is 0 Å². The molecule has 0 aromatic rings. The molecule has 178 valence electrons. The van der Waals surface area contributed by atoms with Crippen LogP contribution in [0.3, 0.4) is 0 Å². The average Bonchev–Trinajstić information content (AvgIpc) is 2.62. The van der Waals surface area contributed by atoms with E-state index in [1.807, 2.05) is 27.7 Å². The number of hydrogen-bond donors (Lipinski definition) is 6. The maximum Gasteiger partial charge on any atom is 0.326 e. The molecule has 0 aliphatic carbocycles. The van der Waals surface area contributed by atoms with Crippen LogP contribution >= 0.6 is 0 Å². The largest absolute Gasteiger partial charge is 0.481 e. The lowest BCUT2D eigenvalue weighted by molar-refractivity contribution is -0.143. The SMILES string of the molecule is CC(C)C[C@H](NC(=O)[C@H](C)N)C(=O)N[C@@H](CC(C)C)C(=O)N[C@@H](CCC(=O)O)C(=O)O. The number of rotatable bonds is 14. The Bertz CT molecular complexity index is 649. The van der Waals surface area contributed by atoms with Crippen LogP contribution in [0.2, 0.25) is 0 Å². The summed E-state index contributed by atoms with van der Waals surface area (Å²) in [5, 5.41) is 25.5. The molecule has 0 bridgehead atoms. The van der Waals surface area contributed by atoms with Crippen LogP contribution in [0, 0.1) is 11.8 Å². The Morgan fingerprint density at radius 3 is 1.42 bits per heavy atom. The first-order valence-electron chi connectivity index (χ1n) is 10.4. The van der Waals surface area contributed by atoms with E-state index in [9.17, 15) is 29.1 Å². The van der Waals surface area contributed by atoms with E-state index in [-0.39, 0.29) is 24.7 Å². The monoisotopic (exact) mass is 444 g/mol. The molecule has 0 aliphatic rings. The molecule has 0 rings (SSSR count). The average molecular weight is 445 g/mol. The molecule has 0 spiro atoms. The number of carboxylic acid groups (broad SMARTS) is 2. The van der Waals surface area contributed by atoms with Gasteiger partial charge in [0.15, 0.2) is 0 Å². The van der Waals surface area contributed by atoms with E-state index in [0.29, 0.717) is 6.42 Å². The molecule has 7 N–H and O–H groups in total. The molecule has 0 unspecified atom stereocenters. The number of nitrogens with one attached hydrogen (secondary N) is 3. The number of amides is 3. The van der Waals surface area contributed by atoms with Crippen molar-refractivity contribution < 1.29 is 34.2 Å². The zero-order chi connectivity index (χ0) is 24.3. The van der Waals surface area contributed by atoms with Gasteiger partial charge < -0.3 is 31.9 Å². The lowest BCUT2D eigenvalue weighted by Crippen LogP contribution is -2.57. The molecular weight excluding hydrogens is 408 g/mol. The van der Waals surface area contributed by atoms with Crippen LogP contribution in [0.4, 0.5) is 0 Å². The number of nitrogens with two attached hydrogens (primary N) is 1. The predicted octanol–water partition coefficient (Wildman–Crippen LogP) is -0.170. The number of aliphatic carboxylic acids is 2. The quantitative estimate of drug-likeness (QED) is 0.213. The van der Waals surface area contributed by atoms with Gasteiger partial charge in [0.25, 0.3) is 0 Å². The van der Waals surface area contributed by atoms with Crippen molar-refractivity contribution >= 4 is 29.7 Å². The first-order chi connectivity index (χ1) is 14.2. The molecule has 0 saturated heterocycles. The van der Waals surface area contributed by atoms with Gasteiger partial charge in [0.05, 0.1) is 6.04 Å². The van der Waals surface area contributed by atoms with Crippen LogP contribution in [-0.4, -0.2) is 64.0 Å². The second-order valence-corrected chi connectivity index (χ2v) is 8.50. The molecular formula is C20H36N4O7. The highest BCUT2D eigenvalue weighted by atomic mass is 16.4. The van der Waals surface area contributed by atoms with Crippen molar-refractivity contribution in [1.82, 2.24) is 16.0 Å². The van der Waals surface area contributed by atoms with E-state index in [1.165, 1.54) is 6.92 Å². The molecule has 11 heteroatoms. The van der Waals surface area contributed by atoms with Crippen molar-refractivity contribution in [2.45, 2.75) is 84.5 Å². The molecule has 0 aromatic carbocycles. The molecule has 0 heterocycles. The summed E-state index contributed by atoms with van der Waals surface area (Å²) in [6.07, 6.45) is -0.188. The fraction of sp³-hybridized carbons (Fsp3) is 0.750. The number of carboxylic acids is 2. The van der Waals surface area contributed by atoms with Gasteiger partial charge >= 0.3 is 11.9 Å². The zero-order valence-corrected chi connectivity index (χ0v) is 18.8. The summed E-state index contributed by atoms with van der Waals surface area (Å²) < 4.78 is 0. The summed E-state index contributed by atoms with van der Waals surface area (Å²) in [6.45, 7) is 8.88. The summed E-state index contributed by atoms with van der Waals surface area (Å²) in [7, 11) is 0. The molecule has 4 atom stereocenters. The molecule has 0 aromatic heterocycles. The normalized spacial score (nSPS) is 15.0. The summed E-state index contributed by atoms with van der Waals surface area (Å²) in [6, 6.07) is -4.19. The molecule has 11 nitrogen and oxygen atoms in total. The smallest absolute Gasteiger partial charge is 0.326 e. The Balaban J connectivity index is 5.43. The van der Waals surface area contributed by atoms with Crippen molar-refractivity contribution in [3.63, 3.8) is 0 Å². The maximum absolute atomic E-state index is 12.8. The van der Waals surface area contributed by atoms with E-state index >= 15 is 0 Å². The summed E-state index contributed by atoms with van der Waals surface area (Å²) in [4.78, 5) is 59.6. The minimum atomic E-state index is -1.40. The van der Waals surface area contributed by atoms with Crippen LogP contribution in [0.25, 0.3) is 0 Å². The van der Waals surface area contributed by atoms with Crippen molar-refractivity contribution in [2.75, 3.05) is 0 Å². The highest BCUT2D eigenvalue weighted by Crippen LogP contribution is 2.10. The third kappa shape index (κ3) is 11.9. The van der Waals surface area contributed by atoms with Gasteiger partial charge in [-0.25, -0.2) is 4.79 Å². The molecule has 31 heavy (non-hydrogen) atoms. The van der Waals surface area contributed by atoms with Crippen molar-refractivity contribution in [1.29, 1.82) is 0 Å². The topological polar surface area (TPSA) is 188 Å². The highest BCUT2D eigenvalue weighted by molar-refractivity contribution is 5.94. The van der Waals surface area contributed by atoms with Gasteiger partial charge in [0.1, 0.15) is 18.1 Å². The summed E-state index contributed by atoms with van der Waals surface area (Å²) >= 11 is 0. The second kappa shape index (κ2) is 13.6. The van der Waals surface area contributed by atoms with Crippen LogP contribution in [0.5, 0.6) is 0 Å². The van der Waals surface area contributed by atoms with Crippen LogP contribution in [0.1, 0.15) is 60.3 Å². The third-order valence-electron chi connectivity index (χ3n) is 4.36. The van der Waals surface area contributed by atoms with Gasteiger partial charge in [-0.15, -0.1) is 0 Å². The fourth-order valence-electron chi connectivity index (χ4n) is 2.78. The van der Waals surface area contributed by atoms with Crippen LogP contribution in [0.15, 0.2) is 0 Å². The third-order valence-corrected chi connectivity index (χ3v) is 4.36. The first-order valence-corrected chi connectivity index (χ1v) is 10.4. The lowest BCUT2D eigenvalue weighted by atomic mass is 9.99. The fourth-order valence-corrected chi connectivity index (χ4v) is 2.78. The van der Waals surface area contributed by atoms with Crippen molar-refractivity contribution in [3.8, 4) is 0 Å². The van der Waals surface area contributed by atoms with Gasteiger partial charge in [0.2, 0.25) is 17.7 Å². The molecule has 0 saturated carbocycles. The number of carbonyl (C=O) groups excluding carboxylic acids is 3. The Labute approximate surface area is 182 Å². The lowest BCUT2D eigenvalue weighted by Gasteiger charge is -2.26. The van der Waals surface area contributed by atoms with Gasteiger partial charge in [-0.05, 0) is 38.0 Å². The molecule has 0 aliphatic heterocycles. The summed E-state index contributed by atoms with van der Waals surface area (Å²) in [5.41, 5.74) is 5.56. The minimum Gasteiger partial charge on any atom is -0.481 e. The van der Waals surface area contributed by atoms with Crippen LogP contribution in [-0.2, 0) is 24.0 Å². The van der Waals surface area contributed by atoms with Gasteiger partial charge in [-0.2, -0.15) is 0 Å². The highest BCUT2D eigenvalue weighted by Gasteiger charge is 2.30. The van der Waals surface area contributed by atoms with Crippen molar-refractivity contribution in [2.24, 2.45) is 17.6 Å². The number of carbonyl (C=O) groups is 5. The Kier molecular flexibility index (Phi) is 12.4.